The Morgan fingerprint density at radius 2 is 1.82 bits per heavy atom. The van der Waals surface area contributed by atoms with E-state index in [-0.39, 0.29) is 12.3 Å². The topological polar surface area (TPSA) is 49.3 Å². The van der Waals surface area contributed by atoms with E-state index in [1.807, 2.05) is 0 Å². The number of rotatable bonds is 4. The van der Waals surface area contributed by atoms with Gasteiger partial charge >= 0.3 is 12.3 Å². The van der Waals surface area contributed by atoms with Gasteiger partial charge in [0.25, 0.3) is 5.91 Å². The normalized spacial score (nSPS) is 11.6. The number of carbonyl (C=O) groups excluding carboxylic acids is 1. The first-order chi connectivity index (χ1) is 7.84. The number of carbonyl (C=O) groups is 1. The summed E-state index contributed by atoms with van der Waals surface area (Å²) < 4.78 is 48.6. The fourth-order valence-electron chi connectivity index (χ4n) is 1.01. The predicted molar refractivity (Wildman–Crippen MR) is 50.9 cm³/mol. The van der Waals surface area contributed by atoms with Crippen molar-refractivity contribution in [3.63, 3.8) is 0 Å². The van der Waals surface area contributed by atoms with E-state index in [0.717, 1.165) is 0 Å². The van der Waals surface area contributed by atoms with Crippen molar-refractivity contribution in [1.29, 1.82) is 0 Å². The van der Waals surface area contributed by atoms with Crippen molar-refractivity contribution in [2.45, 2.75) is 18.9 Å². The Labute approximate surface area is 94.1 Å². The van der Waals surface area contributed by atoms with Gasteiger partial charge in [0.05, 0.1) is 0 Å². The van der Waals surface area contributed by atoms with E-state index in [0.29, 0.717) is 5.56 Å². The Morgan fingerprint density at radius 1 is 1.29 bits per heavy atom. The van der Waals surface area contributed by atoms with Crippen LogP contribution < -0.4 is 5.32 Å². The molecule has 7 heteroatoms. The van der Waals surface area contributed by atoms with Crippen LogP contribution in [-0.4, -0.2) is 23.4 Å². The smallest absolute Gasteiger partial charge is 0.383 e. The fraction of sp³-hybridized carbons (Fsp3) is 0.300. The maximum absolute atomic E-state index is 12.5. The van der Waals surface area contributed by atoms with Crippen LogP contribution in [0.3, 0.4) is 0 Å². The van der Waals surface area contributed by atoms with Gasteiger partial charge in [0.15, 0.2) is 0 Å². The molecule has 0 fully saturated rings. The fourth-order valence-corrected chi connectivity index (χ4v) is 1.01. The van der Waals surface area contributed by atoms with Gasteiger partial charge in [0.1, 0.15) is 5.75 Å². The van der Waals surface area contributed by atoms with E-state index < -0.39 is 18.3 Å². The number of halogens is 4. The molecular formula is C10H9F4NO2. The van der Waals surface area contributed by atoms with Crippen LogP contribution in [0.15, 0.2) is 24.3 Å². The van der Waals surface area contributed by atoms with Crippen molar-refractivity contribution in [3.05, 3.63) is 29.8 Å². The molecule has 0 radical (unpaired) electrons. The first kappa shape index (κ1) is 13.3. The SMILES string of the molecule is O=C(NCc1ccc(O)cc1)C(F)(F)C(F)F. The third-order valence-corrected chi connectivity index (χ3v) is 1.97. The van der Waals surface area contributed by atoms with Crippen molar-refractivity contribution < 1.29 is 27.5 Å². The Kier molecular flexibility index (Phi) is 3.93. The molecule has 17 heavy (non-hydrogen) atoms. The molecule has 0 atom stereocenters. The summed E-state index contributed by atoms with van der Waals surface area (Å²) in [5.74, 6) is -6.75. The van der Waals surface area contributed by atoms with Gasteiger partial charge in [-0.2, -0.15) is 8.78 Å². The molecule has 0 bridgehead atoms. The number of amides is 1. The third kappa shape index (κ3) is 3.33. The molecule has 94 valence electrons. The lowest BCUT2D eigenvalue weighted by atomic mass is 10.2. The van der Waals surface area contributed by atoms with Crippen LogP contribution in [0.1, 0.15) is 5.56 Å². The molecule has 0 unspecified atom stereocenters. The highest BCUT2D eigenvalue weighted by molar-refractivity contribution is 5.83. The Balaban J connectivity index is 2.57. The molecule has 0 heterocycles. The number of phenolic OH excluding ortho intramolecular Hbond substituents is 1. The Bertz CT molecular complexity index is 392. The Hall–Kier alpha value is -1.79. The van der Waals surface area contributed by atoms with E-state index >= 15 is 0 Å². The number of hydrogen-bond donors (Lipinski definition) is 2. The lowest BCUT2D eigenvalue weighted by Crippen LogP contribution is -2.44. The highest BCUT2D eigenvalue weighted by atomic mass is 19.3. The second-order valence-corrected chi connectivity index (χ2v) is 3.27. The quantitative estimate of drug-likeness (QED) is 0.803. The van der Waals surface area contributed by atoms with Crippen molar-refractivity contribution in [2.75, 3.05) is 0 Å². The minimum Gasteiger partial charge on any atom is -0.508 e. The van der Waals surface area contributed by atoms with Gasteiger partial charge in [0.2, 0.25) is 0 Å². The third-order valence-electron chi connectivity index (χ3n) is 1.97. The summed E-state index contributed by atoms with van der Waals surface area (Å²) in [5.41, 5.74) is 0.404. The summed E-state index contributed by atoms with van der Waals surface area (Å²) in [6.07, 6.45) is -4.04. The van der Waals surface area contributed by atoms with Crippen LogP contribution in [-0.2, 0) is 11.3 Å². The average Bonchev–Trinajstić information content (AvgIpc) is 2.27. The zero-order valence-corrected chi connectivity index (χ0v) is 8.46. The molecule has 2 N–H and O–H groups in total. The molecule has 0 aromatic heterocycles. The van der Waals surface area contributed by atoms with Gasteiger partial charge in [-0.15, -0.1) is 0 Å². The molecule has 0 aliphatic heterocycles. The maximum Gasteiger partial charge on any atom is 0.383 e. The highest BCUT2D eigenvalue weighted by Gasteiger charge is 2.48. The number of alkyl halides is 4. The zero-order valence-electron chi connectivity index (χ0n) is 8.46. The highest BCUT2D eigenvalue weighted by Crippen LogP contribution is 2.22. The second kappa shape index (κ2) is 5.03. The molecule has 3 nitrogen and oxygen atoms in total. The first-order valence-electron chi connectivity index (χ1n) is 4.56. The van der Waals surface area contributed by atoms with Crippen molar-refractivity contribution >= 4 is 5.91 Å². The largest absolute Gasteiger partial charge is 0.508 e. The van der Waals surface area contributed by atoms with Crippen LogP contribution in [0.25, 0.3) is 0 Å². The molecule has 1 aromatic rings. The van der Waals surface area contributed by atoms with Crippen LogP contribution in [0, 0.1) is 0 Å². The number of phenols is 1. The molecule has 1 amide bonds. The molecule has 1 rings (SSSR count). The van der Waals surface area contributed by atoms with Gasteiger partial charge < -0.3 is 10.4 Å². The Morgan fingerprint density at radius 3 is 2.29 bits per heavy atom. The van der Waals surface area contributed by atoms with Crippen molar-refractivity contribution in [3.8, 4) is 5.75 Å². The predicted octanol–water partition coefficient (Wildman–Crippen LogP) is 1.91. The molecule has 1 aromatic carbocycles. The van der Waals surface area contributed by atoms with Crippen LogP contribution in [0.2, 0.25) is 0 Å². The van der Waals surface area contributed by atoms with Crippen molar-refractivity contribution in [1.82, 2.24) is 5.32 Å². The summed E-state index contributed by atoms with van der Waals surface area (Å²) in [5, 5.41) is 10.6. The van der Waals surface area contributed by atoms with E-state index in [2.05, 4.69) is 0 Å². The summed E-state index contributed by atoms with van der Waals surface area (Å²) in [4.78, 5) is 10.8. The molecule has 0 aliphatic carbocycles. The zero-order chi connectivity index (χ0) is 13.1. The summed E-state index contributed by atoms with van der Waals surface area (Å²) in [7, 11) is 0. The van der Waals surface area contributed by atoms with Crippen LogP contribution in [0.5, 0.6) is 5.75 Å². The van der Waals surface area contributed by atoms with Crippen molar-refractivity contribution in [2.24, 2.45) is 0 Å². The number of nitrogens with one attached hydrogen (secondary N) is 1. The van der Waals surface area contributed by atoms with Gasteiger partial charge in [-0.05, 0) is 17.7 Å². The molecule has 0 spiro atoms. The summed E-state index contributed by atoms with van der Waals surface area (Å²) in [6, 6.07) is 5.31. The second-order valence-electron chi connectivity index (χ2n) is 3.27. The summed E-state index contributed by atoms with van der Waals surface area (Å²) in [6.45, 7) is -0.318. The number of benzene rings is 1. The molecular weight excluding hydrogens is 242 g/mol. The van der Waals surface area contributed by atoms with Crippen LogP contribution >= 0.6 is 0 Å². The summed E-state index contributed by atoms with van der Waals surface area (Å²) >= 11 is 0. The van der Waals surface area contributed by atoms with E-state index in [1.165, 1.54) is 24.3 Å². The lowest BCUT2D eigenvalue weighted by molar-refractivity contribution is -0.169. The standard InChI is InChI=1S/C10H9F4NO2/c11-8(12)10(13,14)9(17)15-5-6-1-3-7(16)4-2-6/h1-4,8,16H,5H2,(H,15,17). The molecule has 0 aliphatic rings. The van der Waals surface area contributed by atoms with E-state index in [9.17, 15) is 22.4 Å². The van der Waals surface area contributed by atoms with Gasteiger partial charge in [0, 0.05) is 6.54 Å². The number of hydrogen-bond acceptors (Lipinski definition) is 2. The first-order valence-corrected chi connectivity index (χ1v) is 4.56. The van der Waals surface area contributed by atoms with Crippen LogP contribution in [0.4, 0.5) is 17.6 Å². The monoisotopic (exact) mass is 251 g/mol. The lowest BCUT2D eigenvalue weighted by Gasteiger charge is -2.14. The van der Waals surface area contributed by atoms with Gasteiger partial charge in [-0.1, -0.05) is 12.1 Å². The van der Waals surface area contributed by atoms with Gasteiger partial charge in [-0.25, -0.2) is 8.78 Å². The van der Waals surface area contributed by atoms with Gasteiger partial charge in [-0.3, -0.25) is 4.79 Å². The maximum atomic E-state index is 12.5. The van der Waals surface area contributed by atoms with E-state index in [1.54, 1.807) is 5.32 Å². The number of aromatic hydroxyl groups is 1. The minimum absolute atomic E-state index is 0.0296. The average molecular weight is 251 g/mol. The van der Waals surface area contributed by atoms with E-state index in [4.69, 9.17) is 5.11 Å². The minimum atomic E-state index is -4.70. The molecule has 0 saturated carbocycles. The molecule has 0 saturated heterocycles.